The van der Waals surface area contributed by atoms with Crippen LogP contribution in [0.3, 0.4) is 0 Å². The lowest BCUT2D eigenvalue weighted by molar-refractivity contribution is -0.192. The molecule has 0 saturated heterocycles. The zero-order chi connectivity index (χ0) is 20.7. The average Bonchev–Trinajstić information content (AvgIpc) is 2.86. The predicted octanol–water partition coefficient (Wildman–Crippen LogP) is 1.13. The van der Waals surface area contributed by atoms with Crippen LogP contribution in [0.1, 0.15) is 11.5 Å². The third-order valence-electron chi connectivity index (χ3n) is 3.86. The van der Waals surface area contributed by atoms with Crippen molar-refractivity contribution in [1.29, 1.82) is 0 Å². The Labute approximate surface area is 159 Å². The van der Waals surface area contributed by atoms with E-state index in [0.29, 0.717) is 0 Å². The number of rotatable bonds is 4. The summed E-state index contributed by atoms with van der Waals surface area (Å²) in [5.41, 5.74) is 1.19. The highest BCUT2D eigenvalue weighted by molar-refractivity contribution is 5.73. The summed E-state index contributed by atoms with van der Waals surface area (Å²) in [6.07, 6.45) is -0.557. The molecule has 0 bridgehead atoms. The van der Waals surface area contributed by atoms with Crippen molar-refractivity contribution in [2.45, 2.75) is 25.7 Å². The number of alkyl halides is 3. The molecule has 0 aliphatic carbocycles. The first-order valence-electron chi connectivity index (χ1n) is 8.46. The van der Waals surface area contributed by atoms with Crippen LogP contribution in [0.2, 0.25) is 0 Å². The molecule has 12 heteroatoms. The standard InChI is InChI=1S/C14H21N7.C2HF3O2/c1-20(2)14-7-12(18-10-19-14)16-8-11-9-17-13-3-4-15-5-6-21(11)13;3-2(4,5)1(6)7/h7,9-10,15H,3-6,8H2,1-2H3,(H,16,18,19);(H,6,7). The molecule has 1 aliphatic heterocycles. The van der Waals surface area contributed by atoms with Crippen LogP contribution in [0.5, 0.6) is 0 Å². The molecule has 0 fully saturated rings. The molecule has 0 amide bonds. The second-order valence-corrected chi connectivity index (χ2v) is 6.13. The molecular weight excluding hydrogens is 379 g/mol. The highest BCUT2D eigenvalue weighted by atomic mass is 19.4. The molecule has 0 atom stereocenters. The number of carboxylic acid groups (broad SMARTS) is 1. The minimum Gasteiger partial charge on any atom is -0.475 e. The van der Waals surface area contributed by atoms with Crippen molar-refractivity contribution in [2.24, 2.45) is 0 Å². The van der Waals surface area contributed by atoms with Crippen molar-refractivity contribution in [3.8, 4) is 0 Å². The summed E-state index contributed by atoms with van der Waals surface area (Å²) >= 11 is 0. The number of aliphatic carboxylic acids is 1. The van der Waals surface area contributed by atoms with E-state index in [9.17, 15) is 13.2 Å². The Morgan fingerprint density at radius 1 is 1.32 bits per heavy atom. The average molecular weight is 401 g/mol. The smallest absolute Gasteiger partial charge is 0.475 e. The van der Waals surface area contributed by atoms with E-state index in [-0.39, 0.29) is 0 Å². The second-order valence-electron chi connectivity index (χ2n) is 6.13. The number of hydrogen-bond donors (Lipinski definition) is 3. The fourth-order valence-electron chi connectivity index (χ4n) is 2.45. The second kappa shape index (κ2) is 9.35. The van der Waals surface area contributed by atoms with E-state index in [2.05, 4.69) is 30.2 Å². The Morgan fingerprint density at radius 2 is 2.04 bits per heavy atom. The number of hydrogen-bond acceptors (Lipinski definition) is 7. The molecule has 0 saturated carbocycles. The van der Waals surface area contributed by atoms with Crippen LogP contribution < -0.4 is 15.5 Å². The van der Waals surface area contributed by atoms with Gasteiger partial charge in [-0.2, -0.15) is 13.2 Å². The Morgan fingerprint density at radius 3 is 2.68 bits per heavy atom. The molecule has 1 aliphatic rings. The van der Waals surface area contributed by atoms with Gasteiger partial charge < -0.3 is 25.2 Å². The molecule has 3 rings (SSSR count). The van der Waals surface area contributed by atoms with E-state index in [4.69, 9.17) is 9.90 Å². The summed E-state index contributed by atoms with van der Waals surface area (Å²) in [7, 11) is 3.94. The SMILES string of the molecule is CN(C)c1cc(NCc2cnc3n2CCNCC3)ncn1.O=C(O)C(F)(F)F. The Balaban J connectivity index is 0.000000345. The predicted molar refractivity (Wildman–Crippen MR) is 96.2 cm³/mol. The van der Waals surface area contributed by atoms with Crippen LogP contribution >= 0.6 is 0 Å². The summed E-state index contributed by atoms with van der Waals surface area (Å²) in [5, 5.41) is 13.9. The molecule has 0 aromatic carbocycles. The van der Waals surface area contributed by atoms with Gasteiger partial charge in [-0.05, 0) is 0 Å². The summed E-state index contributed by atoms with van der Waals surface area (Å²) < 4.78 is 34.0. The number of nitrogens with zero attached hydrogens (tertiary/aromatic N) is 5. The van der Waals surface area contributed by atoms with Gasteiger partial charge in [0.25, 0.3) is 0 Å². The third kappa shape index (κ3) is 6.08. The number of aromatic nitrogens is 4. The molecule has 2 aromatic heterocycles. The largest absolute Gasteiger partial charge is 0.490 e. The van der Waals surface area contributed by atoms with E-state index in [1.165, 1.54) is 5.69 Å². The van der Waals surface area contributed by atoms with Gasteiger partial charge in [0, 0.05) is 46.2 Å². The monoisotopic (exact) mass is 401 g/mol. The van der Waals surface area contributed by atoms with Gasteiger partial charge in [0.05, 0.1) is 18.4 Å². The lowest BCUT2D eigenvalue weighted by atomic mass is 10.4. The van der Waals surface area contributed by atoms with Gasteiger partial charge in [-0.1, -0.05) is 0 Å². The molecular formula is C16H22F3N7O2. The Bertz CT molecular complexity index is 793. The van der Waals surface area contributed by atoms with Gasteiger partial charge in [0.1, 0.15) is 23.8 Å². The van der Waals surface area contributed by atoms with Crippen molar-refractivity contribution in [2.75, 3.05) is 37.4 Å². The fourth-order valence-corrected chi connectivity index (χ4v) is 2.45. The van der Waals surface area contributed by atoms with Gasteiger partial charge in [0.15, 0.2) is 0 Å². The van der Waals surface area contributed by atoms with Gasteiger partial charge in [0.2, 0.25) is 0 Å². The topological polar surface area (TPSA) is 108 Å². The third-order valence-corrected chi connectivity index (χ3v) is 3.86. The molecule has 0 radical (unpaired) electrons. The first-order valence-corrected chi connectivity index (χ1v) is 8.46. The number of anilines is 2. The Kier molecular flexibility index (Phi) is 7.15. The summed E-state index contributed by atoms with van der Waals surface area (Å²) in [6.45, 7) is 3.69. The molecule has 9 nitrogen and oxygen atoms in total. The van der Waals surface area contributed by atoms with Gasteiger partial charge in [-0.25, -0.2) is 19.7 Å². The van der Waals surface area contributed by atoms with Gasteiger partial charge in [-0.3, -0.25) is 0 Å². The first-order chi connectivity index (χ1) is 13.2. The number of carboxylic acids is 1. The highest BCUT2D eigenvalue weighted by Gasteiger charge is 2.38. The van der Waals surface area contributed by atoms with E-state index < -0.39 is 12.1 Å². The molecule has 0 unspecified atom stereocenters. The summed E-state index contributed by atoms with van der Waals surface area (Å²) in [5.74, 6) is 0.126. The van der Waals surface area contributed by atoms with E-state index in [1.807, 2.05) is 31.3 Å². The van der Waals surface area contributed by atoms with E-state index in [0.717, 1.165) is 50.1 Å². The van der Waals surface area contributed by atoms with Crippen molar-refractivity contribution in [3.05, 3.63) is 30.1 Å². The van der Waals surface area contributed by atoms with Crippen LogP contribution in [-0.4, -0.2) is 64.0 Å². The van der Waals surface area contributed by atoms with E-state index >= 15 is 0 Å². The maximum absolute atomic E-state index is 10.6. The number of imidazole rings is 1. The quantitative estimate of drug-likeness (QED) is 0.700. The zero-order valence-electron chi connectivity index (χ0n) is 15.5. The fraction of sp³-hybridized carbons (Fsp3) is 0.500. The molecule has 3 heterocycles. The van der Waals surface area contributed by atoms with Gasteiger partial charge in [-0.15, -0.1) is 0 Å². The number of halogens is 3. The van der Waals surface area contributed by atoms with Crippen molar-refractivity contribution < 1.29 is 23.1 Å². The number of carbonyl (C=O) groups is 1. The van der Waals surface area contributed by atoms with Crippen LogP contribution in [-0.2, 0) is 24.3 Å². The molecule has 154 valence electrons. The molecule has 2 aromatic rings. The first kappa shape index (κ1) is 21.4. The van der Waals surface area contributed by atoms with Crippen LogP contribution in [0.15, 0.2) is 18.6 Å². The molecule has 0 spiro atoms. The lowest BCUT2D eigenvalue weighted by Gasteiger charge is -2.13. The zero-order valence-corrected chi connectivity index (χ0v) is 15.5. The van der Waals surface area contributed by atoms with Crippen molar-refractivity contribution >= 4 is 17.6 Å². The summed E-state index contributed by atoms with van der Waals surface area (Å²) in [6, 6.07) is 1.95. The molecule has 28 heavy (non-hydrogen) atoms. The maximum Gasteiger partial charge on any atom is 0.490 e. The highest BCUT2D eigenvalue weighted by Crippen LogP contribution is 2.14. The number of nitrogens with one attached hydrogen (secondary N) is 2. The van der Waals surface area contributed by atoms with Crippen LogP contribution in [0, 0.1) is 0 Å². The normalized spacial score (nSPS) is 13.6. The maximum atomic E-state index is 10.6. The van der Waals surface area contributed by atoms with E-state index in [1.54, 1.807) is 6.33 Å². The molecule has 3 N–H and O–H groups in total. The summed E-state index contributed by atoms with van der Waals surface area (Å²) in [4.78, 5) is 23.9. The lowest BCUT2D eigenvalue weighted by Crippen LogP contribution is -2.21. The minimum atomic E-state index is -5.08. The minimum absolute atomic E-state index is 0.719. The van der Waals surface area contributed by atoms with Crippen LogP contribution in [0.25, 0.3) is 0 Å². The van der Waals surface area contributed by atoms with Crippen molar-refractivity contribution in [3.63, 3.8) is 0 Å². The Hall–Kier alpha value is -2.89. The van der Waals surface area contributed by atoms with Crippen LogP contribution in [0.4, 0.5) is 24.8 Å². The van der Waals surface area contributed by atoms with Crippen molar-refractivity contribution in [1.82, 2.24) is 24.8 Å². The van der Waals surface area contributed by atoms with Gasteiger partial charge >= 0.3 is 12.1 Å². The number of fused-ring (bicyclic) bond motifs is 1.